The lowest BCUT2D eigenvalue weighted by molar-refractivity contribution is 0.0950. The van der Waals surface area contributed by atoms with Crippen LogP contribution in [0.4, 0.5) is 15.8 Å². The van der Waals surface area contributed by atoms with Crippen LogP contribution in [0.3, 0.4) is 0 Å². The zero-order valence-corrected chi connectivity index (χ0v) is 14.7. The van der Waals surface area contributed by atoms with Crippen molar-refractivity contribution in [3.05, 3.63) is 89.0 Å². The Kier molecular flexibility index (Phi) is 5.27. The Balaban J connectivity index is 1.69. The summed E-state index contributed by atoms with van der Waals surface area (Å²) in [6.07, 6.45) is 3.14. The minimum Gasteiger partial charge on any atom is -0.354 e. The van der Waals surface area contributed by atoms with Crippen LogP contribution in [0.5, 0.6) is 0 Å². The number of rotatable bonds is 5. The van der Waals surface area contributed by atoms with Crippen molar-refractivity contribution >= 4 is 17.3 Å². The van der Waals surface area contributed by atoms with E-state index in [4.69, 9.17) is 0 Å². The number of amides is 1. The summed E-state index contributed by atoms with van der Waals surface area (Å²) in [6.45, 7) is 4.23. The summed E-state index contributed by atoms with van der Waals surface area (Å²) < 4.78 is 13.6. The lowest BCUT2D eigenvalue weighted by Gasteiger charge is -2.10. The summed E-state index contributed by atoms with van der Waals surface area (Å²) in [4.78, 5) is 16.4. The molecule has 0 aliphatic rings. The molecule has 0 saturated carbocycles. The van der Waals surface area contributed by atoms with E-state index in [0.717, 1.165) is 5.69 Å². The van der Waals surface area contributed by atoms with Gasteiger partial charge in [0.15, 0.2) is 0 Å². The van der Waals surface area contributed by atoms with Gasteiger partial charge in [-0.1, -0.05) is 24.3 Å². The first-order valence-electron chi connectivity index (χ1n) is 8.34. The zero-order chi connectivity index (χ0) is 18.5. The molecule has 0 saturated heterocycles. The maximum atomic E-state index is 13.6. The molecule has 1 aromatic heterocycles. The Hall–Kier alpha value is -3.21. The van der Waals surface area contributed by atoms with Crippen LogP contribution in [0.25, 0.3) is 0 Å². The van der Waals surface area contributed by atoms with E-state index in [9.17, 15) is 9.18 Å². The first kappa shape index (κ1) is 17.6. The molecular formula is C21H20FN3O. The van der Waals surface area contributed by atoms with E-state index in [1.54, 1.807) is 30.5 Å². The smallest absolute Gasteiger partial charge is 0.253 e. The number of halogens is 1. The Morgan fingerprint density at radius 3 is 2.58 bits per heavy atom. The molecule has 4 nitrogen and oxygen atoms in total. The van der Waals surface area contributed by atoms with Crippen molar-refractivity contribution in [1.82, 2.24) is 10.3 Å². The van der Waals surface area contributed by atoms with Crippen LogP contribution < -0.4 is 10.6 Å². The van der Waals surface area contributed by atoms with E-state index in [-0.39, 0.29) is 18.3 Å². The fraction of sp³-hybridized carbons (Fsp3) is 0.143. The highest BCUT2D eigenvalue weighted by atomic mass is 19.1. The molecule has 0 bridgehead atoms. The number of carbonyl (C=O) groups is 1. The average Bonchev–Trinajstić information content (AvgIpc) is 2.64. The van der Waals surface area contributed by atoms with E-state index in [1.165, 1.54) is 23.4 Å². The molecular weight excluding hydrogens is 329 g/mol. The zero-order valence-electron chi connectivity index (χ0n) is 14.7. The molecule has 3 rings (SSSR count). The van der Waals surface area contributed by atoms with Gasteiger partial charge in [0.1, 0.15) is 5.82 Å². The number of hydrogen-bond donors (Lipinski definition) is 2. The predicted molar refractivity (Wildman–Crippen MR) is 101 cm³/mol. The molecule has 1 heterocycles. The van der Waals surface area contributed by atoms with Crippen molar-refractivity contribution in [3.8, 4) is 0 Å². The summed E-state index contributed by atoms with van der Waals surface area (Å²) in [5.41, 5.74) is 4.90. The number of pyridine rings is 1. The first-order chi connectivity index (χ1) is 12.5. The monoisotopic (exact) mass is 349 g/mol. The molecule has 0 aliphatic heterocycles. The van der Waals surface area contributed by atoms with Gasteiger partial charge in [0.2, 0.25) is 0 Å². The lowest BCUT2D eigenvalue weighted by Crippen LogP contribution is -2.23. The summed E-state index contributed by atoms with van der Waals surface area (Å²) in [7, 11) is 0. The molecule has 0 fully saturated rings. The average molecular weight is 349 g/mol. The predicted octanol–water partition coefficient (Wildman–Crippen LogP) is 4.51. The fourth-order valence-corrected chi connectivity index (χ4v) is 2.54. The summed E-state index contributed by atoms with van der Waals surface area (Å²) in [5.74, 6) is -0.638. The number of aromatic nitrogens is 1. The Morgan fingerprint density at radius 2 is 1.81 bits per heavy atom. The van der Waals surface area contributed by atoms with E-state index in [0.29, 0.717) is 16.8 Å². The van der Waals surface area contributed by atoms with Gasteiger partial charge in [-0.25, -0.2) is 4.39 Å². The van der Waals surface area contributed by atoms with Crippen molar-refractivity contribution in [2.75, 3.05) is 5.32 Å². The second-order valence-electron chi connectivity index (χ2n) is 6.16. The van der Waals surface area contributed by atoms with E-state index in [2.05, 4.69) is 22.5 Å². The van der Waals surface area contributed by atoms with Gasteiger partial charge in [-0.2, -0.15) is 0 Å². The Labute approximate surface area is 152 Å². The second-order valence-corrected chi connectivity index (χ2v) is 6.16. The third-order valence-corrected chi connectivity index (χ3v) is 4.19. The van der Waals surface area contributed by atoms with Crippen LogP contribution in [0.1, 0.15) is 27.0 Å². The van der Waals surface area contributed by atoms with E-state index >= 15 is 0 Å². The third-order valence-electron chi connectivity index (χ3n) is 4.19. The molecule has 2 N–H and O–H groups in total. The largest absolute Gasteiger partial charge is 0.354 e. The molecule has 5 heteroatoms. The van der Waals surface area contributed by atoms with Crippen LogP contribution in [-0.4, -0.2) is 10.9 Å². The topological polar surface area (TPSA) is 54.0 Å². The molecule has 132 valence electrons. The van der Waals surface area contributed by atoms with Crippen molar-refractivity contribution < 1.29 is 9.18 Å². The van der Waals surface area contributed by atoms with E-state index < -0.39 is 0 Å². The minimum absolute atomic E-state index is 0.125. The second kappa shape index (κ2) is 7.78. The van der Waals surface area contributed by atoms with Gasteiger partial charge >= 0.3 is 0 Å². The molecule has 0 spiro atoms. The lowest BCUT2D eigenvalue weighted by atomic mass is 10.1. The standard InChI is InChI=1S/C21H20FN3O/c1-14-7-8-18(9-15(14)2)25-19-10-17(11-23-13-19)21(26)24-12-16-5-3-4-6-20(16)22/h3-11,13,25H,12H2,1-2H3,(H,24,26). The SMILES string of the molecule is Cc1ccc(Nc2cncc(C(=O)NCc3ccccc3F)c2)cc1C. The van der Waals surface area contributed by atoms with Crippen molar-refractivity contribution in [2.45, 2.75) is 20.4 Å². The number of nitrogens with one attached hydrogen (secondary N) is 2. The number of aryl methyl sites for hydroxylation is 2. The van der Waals surface area contributed by atoms with Gasteiger partial charge in [0, 0.05) is 24.0 Å². The highest BCUT2D eigenvalue weighted by Gasteiger charge is 2.09. The summed E-state index contributed by atoms with van der Waals surface area (Å²) >= 11 is 0. The van der Waals surface area contributed by atoms with Crippen LogP contribution in [-0.2, 0) is 6.54 Å². The van der Waals surface area contributed by atoms with E-state index in [1.807, 2.05) is 25.1 Å². The third kappa shape index (κ3) is 4.25. The Bertz CT molecular complexity index is 940. The van der Waals surface area contributed by atoms with Crippen LogP contribution in [0, 0.1) is 19.7 Å². The molecule has 2 aromatic carbocycles. The van der Waals surface area contributed by atoms with Crippen LogP contribution in [0.15, 0.2) is 60.9 Å². The highest BCUT2D eigenvalue weighted by molar-refractivity contribution is 5.94. The molecule has 0 unspecified atom stereocenters. The van der Waals surface area contributed by atoms with Crippen molar-refractivity contribution in [3.63, 3.8) is 0 Å². The van der Waals surface area contributed by atoms with Crippen molar-refractivity contribution in [1.29, 1.82) is 0 Å². The quantitative estimate of drug-likeness (QED) is 0.712. The first-order valence-corrected chi connectivity index (χ1v) is 8.34. The maximum Gasteiger partial charge on any atom is 0.253 e. The molecule has 0 aliphatic carbocycles. The fourth-order valence-electron chi connectivity index (χ4n) is 2.54. The van der Waals surface area contributed by atoms with Gasteiger partial charge in [0.05, 0.1) is 17.4 Å². The van der Waals surface area contributed by atoms with Crippen LogP contribution >= 0.6 is 0 Å². The number of nitrogens with zero attached hydrogens (tertiary/aromatic N) is 1. The summed E-state index contributed by atoms with van der Waals surface area (Å²) in [6, 6.07) is 14.2. The Morgan fingerprint density at radius 1 is 1.00 bits per heavy atom. The molecule has 26 heavy (non-hydrogen) atoms. The molecule has 3 aromatic rings. The van der Waals surface area contributed by atoms with Gasteiger partial charge in [-0.15, -0.1) is 0 Å². The summed E-state index contributed by atoms with van der Waals surface area (Å²) in [5, 5.41) is 5.96. The highest BCUT2D eigenvalue weighted by Crippen LogP contribution is 2.19. The number of benzene rings is 2. The molecule has 1 amide bonds. The van der Waals surface area contributed by atoms with Crippen molar-refractivity contribution in [2.24, 2.45) is 0 Å². The van der Waals surface area contributed by atoms with Crippen LogP contribution in [0.2, 0.25) is 0 Å². The van der Waals surface area contributed by atoms with Gasteiger partial charge in [0.25, 0.3) is 5.91 Å². The van der Waals surface area contributed by atoms with Gasteiger partial charge in [-0.3, -0.25) is 9.78 Å². The molecule has 0 radical (unpaired) electrons. The number of hydrogen-bond acceptors (Lipinski definition) is 3. The number of carbonyl (C=O) groups excluding carboxylic acids is 1. The minimum atomic E-state index is -0.337. The van der Waals surface area contributed by atoms with Gasteiger partial charge in [-0.05, 0) is 49.2 Å². The maximum absolute atomic E-state index is 13.6. The normalized spacial score (nSPS) is 10.4. The van der Waals surface area contributed by atoms with Gasteiger partial charge < -0.3 is 10.6 Å². The number of anilines is 2. The molecule has 0 atom stereocenters.